The second kappa shape index (κ2) is 23.1. The van der Waals surface area contributed by atoms with Crippen LogP contribution in [0.2, 0.25) is 0 Å². The maximum absolute atomic E-state index is 6.03. The standard InChI is InChI=1S/C55H50N2O.C3H8.C3H6/c1-5-8-10-34-57(33-9-6-2)55(4)31-30-49(38-50(55)7-3)41-19-11-17-40(18-12-20-41)42-21-13-22-43(35-42)44-23-14-24-45(36-44)46-25-15-26-47(37-46)48-28-29-52-51(39-48)54-53(58-52)27-16-32-56-54;2*1-3-2/h5-6,8-11,13-17,19,21-30,32,35-40H,1,7,20,31,33-34H2,2-4H3;3H2,1-2H3;3H,1H2,2H3/b9-6-,10-8-,17-11-,41-19+;;. The fourth-order valence-corrected chi connectivity index (χ4v) is 8.36. The number of furan rings is 1. The van der Waals surface area contributed by atoms with Gasteiger partial charge in [0.1, 0.15) is 11.1 Å². The minimum Gasteiger partial charge on any atom is -0.454 e. The van der Waals surface area contributed by atoms with Crippen LogP contribution in [-0.2, 0) is 0 Å². The molecule has 64 heavy (non-hydrogen) atoms. The maximum Gasteiger partial charge on any atom is 0.153 e. The first-order valence-corrected chi connectivity index (χ1v) is 22.9. The van der Waals surface area contributed by atoms with Gasteiger partial charge in [-0.1, -0.05) is 173 Å². The van der Waals surface area contributed by atoms with Gasteiger partial charge in [0, 0.05) is 36.6 Å². The van der Waals surface area contributed by atoms with Crippen LogP contribution in [0.1, 0.15) is 78.7 Å². The predicted octanol–water partition coefficient (Wildman–Crippen LogP) is 16.6. The van der Waals surface area contributed by atoms with Crippen molar-refractivity contribution in [1.29, 1.82) is 0 Å². The number of nitrogens with zero attached hydrogens (tertiary/aromatic N) is 2. The van der Waals surface area contributed by atoms with Crippen LogP contribution in [0.5, 0.6) is 0 Å². The van der Waals surface area contributed by atoms with E-state index >= 15 is 0 Å². The highest BCUT2D eigenvalue weighted by atomic mass is 16.3. The van der Waals surface area contributed by atoms with Gasteiger partial charge in [-0.05, 0) is 132 Å². The van der Waals surface area contributed by atoms with Crippen LogP contribution in [0.4, 0.5) is 0 Å². The molecule has 8 rings (SSSR count). The average molecular weight is 841 g/mol. The average Bonchev–Trinajstić information content (AvgIpc) is 3.69. The summed E-state index contributed by atoms with van der Waals surface area (Å²) in [5.74, 6) is 7.19. The summed E-state index contributed by atoms with van der Waals surface area (Å²) in [6.07, 6.45) is 29.6. The number of hydrogen-bond acceptors (Lipinski definition) is 3. The molecule has 324 valence electrons. The van der Waals surface area contributed by atoms with Gasteiger partial charge in [-0.3, -0.25) is 9.88 Å². The Balaban J connectivity index is 0.00000107. The fraction of sp³-hybridized carbons (Fsp3) is 0.230. The van der Waals surface area contributed by atoms with Crippen LogP contribution >= 0.6 is 0 Å². The van der Waals surface area contributed by atoms with Crippen molar-refractivity contribution in [3.63, 3.8) is 0 Å². The Bertz CT molecular complexity index is 2810. The molecule has 0 N–H and O–H groups in total. The molecule has 2 heterocycles. The lowest BCUT2D eigenvalue weighted by Crippen LogP contribution is -2.48. The van der Waals surface area contributed by atoms with Crippen LogP contribution in [0.15, 0.2) is 210 Å². The molecule has 0 saturated heterocycles. The van der Waals surface area contributed by atoms with Crippen molar-refractivity contribution in [2.75, 3.05) is 13.1 Å². The minimum absolute atomic E-state index is 0.0201. The maximum atomic E-state index is 6.03. The number of hydrogen-bond donors (Lipinski definition) is 0. The summed E-state index contributed by atoms with van der Waals surface area (Å²) in [6.45, 7) is 21.9. The van der Waals surface area contributed by atoms with E-state index < -0.39 is 0 Å². The van der Waals surface area contributed by atoms with E-state index in [0.29, 0.717) is 0 Å². The van der Waals surface area contributed by atoms with Crippen molar-refractivity contribution in [3.05, 3.63) is 212 Å². The summed E-state index contributed by atoms with van der Waals surface area (Å²) < 4.78 is 6.03. The molecule has 0 aliphatic heterocycles. The van der Waals surface area contributed by atoms with E-state index in [9.17, 15) is 0 Å². The molecule has 2 aliphatic carbocycles. The van der Waals surface area contributed by atoms with E-state index in [1.165, 1.54) is 51.0 Å². The van der Waals surface area contributed by atoms with Crippen LogP contribution in [-0.4, -0.2) is 28.5 Å². The summed E-state index contributed by atoms with van der Waals surface area (Å²) in [5, 5.41) is 1.03. The first-order chi connectivity index (χ1) is 31.3. The third kappa shape index (κ3) is 11.3. The zero-order valence-electron chi connectivity index (χ0n) is 38.8. The molecule has 0 radical (unpaired) electrons. The number of fused-ring (bicyclic) bond motifs is 3. The highest BCUT2D eigenvalue weighted by molar-refractivity contribution is 6.04. The van der Waals surface area contributed by atoms with Crippen molar-refractivity contribution in [3.8, 4) is 45.2 Å². The lowest BCUT2D eigenvalue weighted by Gasteiger charge is -2.44. The summed E-state index contributed by atoms with van der Waals surface area (Å²) in [6, 6.07) is 36.7. The van der Waals surface area contributed by atoms with Gasteiger partial charge in [0.05, 0.1) is 5.92 Å². The number of benzene rings is 4. The van der Waals surface area contributed by atoms with E-state index in [2.05, 4.69) is 203 Å². The molecule has 6 aromatic rings. The Kier molecular flexibility index (Phi) is 16.9. The fourth-order valence-electron chi connectivity index (χ4n) is 8.36. The first kappa shape index (κ1) is 46.8. The number of allylic oxidation sites excluding steroid dienone is 10. The van der Waals surface area contributed by atoms with Crippen molar-refractivity contribution in [1.82, 2.24) is 9.88 Å². The molecule has 2 unspecified atom stereocenters. The Morgan fingerprint density at radius 2 is 1.44 bits per heavy atom. The Morgan fingerprint density at radius 3 is 2.09 bits per heavy atom. The highest BCUT2D eigenvalue weighted by Gasteiger charge is 2.35. The molecule has 0 spiro atoms. The zero-order chi connectivity index (χ0) is 45.3. The molecular weight excluding hydrogens is 777 g/mol. The quantitative estimate of drug-likeness (QED) is 0.0698. The molecule has 0 saturated carbocycles. The predicted molar refractivity (Wildman–Crippen MR) is 277 cm³/mol. The number of aromatic nitrogens is 1. The van der Waals surface area contributed by atoms with E-state index in [1.54, 1.807) is 6.08 Å². The summed E-state index contributed by atoms with van der Waals surface area (Å²) >= 11 is 0. The molecule has 3 nitrogen and oxygen atoms in total. The largest absolute Gasteiger partial charge is 0.454 e. The van der Waals surface area contributed by atoms with Gasteiger partial charge in [0.2, 0.25) is 0 Å². The Morgan fingerprint density at radius 1 is 0.797 bits per heavy atom. The molecule has 4 aromatic carbocycles. The monoisotopic (exact) mass is 841 g/mol. The second-order valence-corrected chi connectivity index (χ2v) is 16.4. The highest BCUT2D eigenvalue weighted by Crippen LogP contribution is 2.39. The van der Waals surface area contributed by atoms with Crippen molar-refractivity contribution in [2.24, 2.45) is 0 Å². The zero-order valence-corrected chi connectivity index (χ0v) is 38.8. The van der Waals surface area contributed by atoms with Gasteiger partial charge in [-0.25, -0.2) is 0 Å². The van der Waals surface area contributed by atoms with Crippen LogP contribution in [0.3, 0.4) is 0 Å². The van der Waals surface area contributed by atoms with E-state index in [4.69, 9.17) is 4.42 Å². The summed E-state index contributed by atoms with van der Waals surface area (Å²) in [7, 11) is 0. The summed E-state index contributed by atoms with van der Waals surface area (Å²) in [5.41, 5.74) is 14.8. The Labute approximate surface area is 383 Å². The normalized spacial score (nSPS) is 18.3. The van der Waals surface area contributed by atoms with E-state index in [0.717, 1.165) is 65.5 Å². The third-order valence-corrected chi connectivity index (χ3v) is 11.7. The minimum atomic E-state index is -0.0445. The smallest absolute Gasteiger partial charge is 0.153 e. The van der Waals surface area contributed by atoms with Crippen molar-refractivity contribution >= 4 is 22.1 Å². The van der Waals surface area contributed by atoms with Crippen molar-refractivity contribution < 1.29 is 4.42 Å². The van der Waals surface area contributed by atoms with E-state index in [1.807, 2.05) is 43.5 Å². The van der Waals surface area contributed by atoms with E-state index in [-0.39, 0.29) is 11.5 Å². The van der Waals surface area contributed by atoms with Gasteiger partial charge in [0.15, 0.2) is 5.58 Å². The SMILES string of the molecule is C=C/C=C\CN(C/C=C\C)C1(C)CC=C(/C2=C/C=C\C(c3cccc(-c4cccc(-c5cccc(-c6ccc7oc8cccnc8c7c6)c5)c4)c3)C#CC2)C=C1CC.C=CC.CCC. The second-order valence-electron chi connectivity index (χ2n) is 16.4. The first-order valence-electron chi connectivity index (χ1n) is 22.9. The van der Waals surface area contributed by atoms with Gasteiger partial charge in [-0.15, -0.1) is 6.58 Å². The molecule has 2 aromatic heterocycles. The number of pyridine rings is 1. The topological polar surface area (TPSA) is 29.3 Å². The van der Waals surface area contributed by atoms with Gasteiger partial charge in [-0.2, -0.15) is 0 Å². The van der Waals surface area contributed by atoms with Gasteiger partial charge in [0.25, 0.3) is 0 Å². The van der Waals surface area contributed by atoms with Gasteiger partial charge >= 0.3 is 0 Å². The third-order valence-electron chi connectivity index (χ3n) is 11.7. The molecule has 3 heteroatoms. The molecule has 0 amide bonds. The summed E-state index contributed by atoms with van der Waals surface area (Å²) in [4.78, 5) is 7.15. The molecule has 2 atom stereocenters. The Hall–Kier alpha value is -6.73. The number of rotatable bonds is 12. The van der Waals surface area contributed by atoms with Crippen LogP contribution in [0, 0.1) is 11.8 Å². The van der Waals surface area contributed by atoms with Crippen LogP contribution < -0.4 is 0 Å². The lowest BCUT2D eigenvalue weighted by molar-refractivity contribution is 0.167. The lowest BCUT2D eigenvalue weighted by atomic mass is 9.77. The molecule has 2 aliphatic rings. The molecule has 0 fully saturated rings. The van der Waals surface area contributed by atoms with Crippen molar-refractivity contribution in [2.45, 2.75) is 78.7 Å². The van der Waals surface area contributed by atoms with Crippen LogP contribution in [0.25, 0.3) is 55.4 Å². The molecule has 0 bridgehead atoms. The molecular formula is C61H64N2O. The van der Waals surface area contributed by atoms with Gasteiger partial charge < -0.3 is 4.42 Å².